The molecule has 8 heteroatoms. The number of hydrogen-bond donors (Lipinski definition) is 3. The first-order valence-corrected chi connectivity index (χ1v) is 5.82. The lowest BCUT2D eigenvalue weighted by Gasteiger charge is -2.13. The SMILES string of the molecule is CC(Nc1ccc(C(N)=O)cc1[N+](=O)[O-])c1cn[nH]c1. The van der Waals surface area contributed by atoms with E-state index in [4.69, 9.17) is 5.73 Å². The van der Waals surface area contributed by atoms with Crippen LogP contribution in [0, 0.1) is 10.1 Å². The number of carbonyl (C=O) groups is 1. The van der Waals surface area contributed by atoms with Gasteiger partial charge in [0.15, 0.2) is 0 Å². The Morgan fingerprint density at radius 1 is 1.55 bits per heavy atom. The molecular formula is C12H13N5O3. The molecule has 1 unspecified atom stereocenters. The highest BCUT2D eigenvalue weighted by molar-refractivity contribution is 5.94. The molecule has 0 aliphatic heterocycles. The molecule has 0 bridgehead atoms. The summed E-state index contributed by atoms with van der Waals surface area (Å²) in [6.07, 6.45) is 3.32. The summed E-state index contributed by atoms with van der Waals surface area (Å²) in [5.41, 5.74) is 6.19. The molecule has 1 heterocycles. The molecule has 0 aliphatic rings. The number of anilines is 1. The summed E-state index contributed by atoms with van der Waals surface area (Å²) < 4.78 is 0. The first kappa shape index (κ1) is 13.5. The average Bonchev–Trinajstić information content (AvgIpc) is 2.92. The van der Waals surface area contributed by atoms with Crippen molar-refractivity contribution in [3.63, 3.8) is 0 Å². The number of benzene rings is 1. The van der Waals surface area contributed by atoms with Gasteiger partial charge in [0.25, 0.3) is 5.69 Å². The number of hydrogen-bond acceptors (Lipinski definition) is 5. The molecule has 1 amide bonds. The number of aromatic nitrogens is 2. The number of nitrogens with two attached hydrogens (primary N) is 1. The van der Waals surface area contributed by atoms with Gasteiger partial charge in [-0.15, -0.1) is 0 Å². The second kappa shape index (κ2) is 5.39. The van der Waals surface area contributed by atoms with Gasteiger partial charge in [-0.25, -0.2) is 0 Å². The lowest BCUT2D eigenvalue weighted by atomic mass is 10.1. The quantitative estimate of drug-likeness (QED) is 0.564. The van der Waals surface area contributed by atoms with E-state index in [2.05, 4.69) is 15.5 Å². The second-order valence-electron chi connectivity index (χ2n) is 4.25. The van der Waals surface area contributed by atoms with Gasteiger partial charge in [0.05, 0.1) is 17.2 Å². The minimum Gasteiger partial charge on any atom is -0.373 e. The average molecular weight is 275 g/mol. The summed E-state index contributed by atoms with van der Waals surface area (Å²) in [5, 5.41) is 20.6. The number of aromatic amines is 1. The molecule has 4 N–H and O–H groups in total. The van der Waals surface area contributed by atoms with E-state index in [0.717, 1.165) is 11.6 Å². The third kappa shape index (κ3) is 2.74. The molecular weight excluding hydrogens is 262 g/mol. The molecule has 0 aliphatic carbocycles. The van der Waals surface area contributed by atoms with E-state index in [1.165, 1.54) is 12.1 Å². The van der Waals surface area contributed by atoms with Crippen LogP contribution in [0.1, 0.15) is 28.9 Å². The fraction of sp³-hybridized carbons (Fsp3) is 0.167. The molecule has 20 heavy (non-hydrogen) atoms. The largest absolute Gasteiger partial charge is 0.373 e. The van der Waals surface area contributed by atoms with Crippen LogP contribution >= 0.6 is 0 Å². The van der Waals surface area contributed by atoms with Crippen LogP contribution < -0.4 is 11.1 Å². The van der Waals surface area contributed by atoms with Crippen LogP contribution in [0.25, 0.3) is 0 Å². The summed E-state index contributed by atoms with van der Waals surface area (Å²) >= 11 is 0. The summed E-state index contributed by atoms with van der Waals surface area (Å²) in [4.78, 5) is 21.6. The highest BCUT2D eigenvalue weighted by atomic mass is 16.6. The summed E-state index contributed by atoms with van der Waals surface area (Å²) in [5.74, 6) is -0.706. The maximum atomic E-state index is 11.1. The third-order valence-corrected chi connectivity index (χ3v) is 2.87. The predicted molar refractivity (Wildman–Crippen MR) is 72.2 cm³/mol. The monoisotopic (exact) mass is 275 g/mol. The minimum absolute atomic E-state index is 0.0956. The van der Waals surface area contributed by atoms with Crippen molar-refractivity contribution in [2.75, 3.05) is 5.32 Å². The van der Waals surface area contributed by atoms with E-state index in [1.807, 2.05) is 6.92 Å². The standard InChI is InChI=1S/C12H13N5O3/c1-7(9-5-14-15-6-9)16-10-3-2-8(12(13)18)4-11(10)17(19)20/h2-7,16H,1H3,(H2,13,18)(H,14,15). The lowest BCUT2D eigenvalue weighted by Crippen LogP contribution is -2.12. The van der Waals surface area contributed by atoms with Gasteiger partial charge in [0.1, 0.15) is 5.69 Å². The van der Waals surface area contributed by atoms with E-state index in [1.54, 1.807) is 12.4 Å². The summed E-state index contributed by atoms with van der Waals surface area (Å²) in [6, 6.07) is 3.90. The van der Waals surface area contributed by atoms with Crippen LogP contribution in [-0.4, -0.2) is 21.0 Å². The van der Waals surface area contributed by atoms with Gasteiger partial charge in [-0.05, 0) is 19.1 Å². The molecule has 1 aromatic carbocycles. The number of amides is 1. The molecule has 1 aromatic heterocycles. The number of nitro benzene ring substituents is 1. The summed E-state index contributed by atoms with van der Waals surface area (Å²) in [6.45, 7) is 1.84. The van der Waals surface area contributed by atoms with Gasteiger partial charge in [-0.2, -0.15) is 5.10 Å². The van der Waals surface area contributed by atoms with Gasteiger partial charge in [-0.1, -0.05) is 0 Å². The van der Waals surface area contributed by atoms with Crippen molar-refractivity contribution in [3.05, 3.63) is 51.8 Å². The normalized spacial score (nSPS) is 11.8. The van der Waals surface area contributed by atoms with E-state index >= 15 is 0 Å². The maximum Gasteiger partial charge on any atom is 0.293 e. The van der Waals surface area contributed by atoms with Crippen molar-refractivity contribution in [2.45, 2.75) is 13.0 Å². The number of nitro groups is 1. The Labute approximate surface area is 114 Å². The van der Waals surface area contributed by atoms with E-state index in [9.17, 15) is 14.9 Å². The van der Waals surface area contributed by atoms with Crippen molar-refractivity contribution in [2.24, 2.45) is 5.73 Å². The number of primary amides is 1. The minimum atomic E-state index is -0.706. The van der Waals surface area contributed by atoms with Crippen LogP contribution in [0.3, 0.4) is 0 Å². The van der Waals surface area contributed by atoms with E-state index in [-0.39, 0.29) is 17.3 Å². The number of nitrogens with zero attached hydrogens (tertiary/aromatic N) is 2. The predicted octanol–water partition coefficient (Wildman–Crippen LogP) is 1.59. The van der Waals surface area contributed by atoms with Crippen LogP contribution in [0.4, 0.5) is 11.4 Å². The summed E-state index contributed by atoms with van der Waals surface area (Å²) in [7, 11) is 0. The molecule has 1 atom stereocenters. The zero-order chi connectivity index (χ0) is 14.7. The topological polar surface area (TPSA) is 127 Å². The van der Waals surface area contributed by atoms with Crippen molar-refractivity contribution in [3.8, 4) is 0 Å². The van der Waals surface area contributed by atoms with E-state index < -0.39 is 10.8 Å². The van der Waals surface area contributed by atoms with Crippen LogP contribution in [0.15, 0.2) is 30.6 Å². The van der Waals surface area contributed by atoms with Crippen molar-refractivity contribution >= 4 is 17.3 Å². The molecule has 8 nitrogen and oxygen atoms in total. The highest BCUT2D eigenvalue weighted by Gasteiger charge is 2.18. The fourth-order valence-electron chi connectivity index (χ4n) is 1.77. The Hall–Kier alpha value is -2.90. The lowest BCUT2D eigenvalue weighted by molar-refractivity contribution is -0.384. The van der Waals surface area contributed by atoms with Crippen LogP contribution in [0.2, 0.25) is 0 Å². The third-order valence-electron chi connectivity index (χ3n) is 2.87. The number of rotatable bonds is 5. The van der Waals surface area contributed by atoms with Crippen LogP contribution in [-0.2, 0) is 0 Å². The maximum absolute atomic E-state index is 11.1. The first-order chi connectivity index (χ1) is 9.49. The Balaban J connectivity index is 2.31. The molecule has 2 rings (SSSR count). The zero-order valence-electron chi connectivity index (χ0n) is 10.7. The number of nitrogens with one attached hydrogen (secondary N) is 2. The zero-order valence-corrected chi connectivity index (χ0v) is 10.7. The number of H-pyrrole nitrogens is 1. The first-order valence-electron chi connectivity index (χ1n) is 5.82. The van der Waals surface area contributed by atoms with Crippen molar-refractivity contribution in [1.82, 2.24) is 10.2 Å². The Bertz CT molecular complexity index is 639. The van der Waals surface area contributed by atoms with Gasteiger partial charge in [-0.3, -0.25) is 20.0 Å². The highest BCUT2D eigenvalue weighted by Crippen LogP contribution is 2.28. The van der Waals surface area contributed by atoms with Gasteiger partial charge < -0.3 is 11.1 Å². The van der Waals surface area contributed by atoms with Gasteiger partial charge in [0.2, 0.25) is 5.91 Å². The number of carbonyl (C=O) groups excluding carboxylic acids is 1. The Morgan fingerprint density at radius 2 is 2.30 bits per heavy atom. The van der Waals surface area contributed by atoms with Crippen molar-refractivity contribution in [1.29, 1.82) is 0 Å². The molecule has 0 radical (unpaired) electrons. The van der Waals surface area contributed by atoms with Gasteiger partial charge in [0, 0.05) is 23.4 Å². The molecule has 0 saturated carbocycles. The second-order valence-corrected chi connectivity index (χ2v) is 4.25. The smallest absolute Gasteiger partial charge is 0.293 e. The Kier molecular flexibility index (Phi) is 3.65. The Morgan fingerprint density at radius 3 is 2.85 bits per heavy atom. The molecule has 0 saturated heterocycles. The van der Waals surface area contributed by atoms with Crippen molar-refractivity contribution < 1.29 is 9.72 Å². The molecule has 0 spiro atoms. The van der Waals surface area contributed by atoms with Crippen LogP contribution in [0.5, 0.6) is 0 Å². The fourth-order valence-corrected chi connectivity index (χ4v) is 1.77. The molecule has 2 aromatic rings. The van der Waals surface area contributed by atoms with Gasteiger partial charge >= 0.3 is 0 Å². The molecule has 0 fully saturated rings. The van der Waals surface area contributed by atoms with E-state index in [0.29, 0.717) is 5.69 Å². The molecule has 104 valence electrons.